The molecule has 2 rings (SSSR count). The molecule has 0 aromatic carbocycles. The molecule has 1 aliphatic carbocycles. The SMILES string of the molecule is CN(Cc1ccc(Br)s1)C1CCCC1CN. The minimum Gasteiger partial charge on any atom is -0.330 e. The van der Waals surface area contributed by atoms with Crippen molar-refractivity contribution in [2.75, 3.05) is 13.6 Å². The normalized spacial score (nSPS) is 25.5. The molecule has 1 heterocycles. The quantitative estimate of drug-likeness (QED) is 0.926. The Hall–Kier alpha value is 0.1000. The van der Waals surface area contributed by atoms with Crippen LogP contribution in [0.15, 0.2) is 15.9 Å². The molecule has 2 unspecified atom stereocenters. The minimum absolute atomic E-state index is 0.686. The number of halogens is 1. The van der Waals surface area contributed by atoms with E-state index < -0.39 is 0 Å². The van der Waals surface area contributed by atoms with Gasteiger partial charge in [-0.1, -0.05) is 6.42 Å². The van der Waals surface area contributed by atoms with Crippen LogP contribution in [0, 0.1) is 5.92 Å². The van der Waals surface area contributed by atoms with Gasteiger partial charge in [-0.05, 0) is 60.4 Å². The van der Waals surface area contributed by atoms with Crippen LogP contribution in [-0.2, 0) is 6.54 Å². The number of thiophene rings is 1. The van der Waals surface area contributed by atoms with E-state index >= 15 is 0 Å². The second-order valence-corrected chi connectivity index (χ2v) is 7.16. The van der Waals surface area contributed by atoms with Crippen LogP contribution >= 0.6 is 27.3 Å². The molecule has 0 spiro atoms. The Morgan fingerprint density at radius 1 is 1.50 bits per heavy atom. The zero-order valence-electron chi connectivity index (χ0n) is 9.66. The average Bonchev–Trinajstić information content (AvgIpc) is 2.86. The molecule has 0 saturated heterocycles. The number of hydrogen-bond donors (Lipinski definition) is 1. The molecule has 0 amide bonds. The molecule has 1 aromatic rings. The molecular weight excluding hydrogens is 284 g/mol. The molecule has 1 aliphatic rings. The fourth-order valence-corrected chi connectivity index (χ4v) is 4.22. The highest BCUT2D eigenvalue weighted by molar-refractivity contribution is 9.11. The van der Waals surface area contributed by atoms with Crippen LogP contribution in [0.4, 0.5) is 0 Å². The summed E-state index contributed by atoms with van der Waals surface area (Å²) in [5.74, 6) is 0.702. The van der Waals surface area contributed by atoms with E-state index in [2.05, 4.69) is 40.0 Å². The third kappa shape index (κ3) is 2.86. The molecule has 0 radical (unpaired) electrons. The minimum atomic E-state index is 0.686. The van der Waals surface area contributed by atoms with Crippen LogP contribution in [0.25, 0.3) is 0 Å². The van der Waals surface area contributed by atoms with Gasteiger partial charge in [-0.2, -0.15) is 0 Å². The molecule has 1 saturated carbocycles. The third-order valence-electron chi connectivity index (χ3n) is 3.52. The van der Waals surface area contributed by atoms with E-state index in [1.54, 1.807) is 0 Å². The fraction of sp³-hybridized carbons (Fsp3) is 0.667. The molecule has 90 valence electrons. The maximum absolute atomic E-state index is 5.83. The van der Waals surface area contributed by atoms with Crippen molar-refractivity contribution in [3.8, 4) is 0 Å². The van der Waals surface area contributed by atoms with Crippen molar-refractivity contribution >= 4 is 27.3 Å². The molecule has 1 aromatic heterocycles. The van der Waals surface area contributed by atoms with Crippen molar-refractivity contribution in [2.45, 2.75) is 31.8 Å². The Balaban J connectivity index is 1.94. The third-order valence-corrected chi connectivity index (χ3v) is 5.13. The number of nitrogens with zero attached hydrogens (tertiary/aromatic N) is 1. The van der Waals surface area contributed by atoms with Crippen molar-refractivity contribution in [3.63, 3.8) is 0 Å². The zero-order chi connectivity index (χ0) is 11.5. The van der Waals surface area contributed by atoms with Gasteiger partial charge in [0.2, 0.25) is 0 Å². The molecule has 4 heteroatoms. The lowest BCUT2D eigenvalue weighted by Crippen LogP contribution is -2.37. The lowest BCUT2D eigenvalue weighted by Gasteiger charge is -2.28. The summed E-state index contributed by atoms with van der Waals surface area (Å²) in [6.45, 7) is 1.89. The van der Waals surface area contributed by atoms with E-state index in [9.17, 15) is 0 Å². The van der Waals surface area contributed by atoms with Gasteiger partial charge in [0.25, 0.3) is 0 Å². The Labute approximate surface area is 110 Å². The molecular formula is C12H19BrN2S. The van der Waals surface area contributed by atoms with Gasteiger partial charge >= 0.3 is 0 Å². The number of rotatable bonds is 4. The average molecular weight is 303 g/mol. The van der Waals surface area contributed by atoms with Crippen LogP contribution in [0.1, 0.15) is 24.1 Å². The van der Waals surface area contributed by atoms with Crippen LogP contribution in [0.3, 0.4) is 0 Å². The van der Waals surface area contributed by atoms with E-state index in [0.717, 1.165) is 13.1 Å². The van der Waals surface area contributed by atoms with E-state index in [-0.39, 0.29) is 0 Å². The zero-order valence-corrected chi connectivity index (χ0v) is 12.1. The maximum atomic E-state index is 5.83. The molecule has 2 N–H and O–H groups in total. The summed E-state index contributed by atoms with van der Waals surface area (Å²) >= 11 is 5.34. The summed E-state index contributed by atoms with van der Waals surface area (Å²) in [6.07, 6.45) is 3.95. The lowest BCUT2D eigenvalue weighted by molar-refractivity contribution is 0.194. The fourth-order valence-electron chi connectivity index (χ4n) is 2.67. The van der Waals surface area contributed by atoms with Gasteiger partial charge in [-0.3, -0.25) is 4.90 Å². The highest BCUT2D eigenvalue weighted by Gasteiger charge is 2.29. The first-order chi connectivity index (χ1) is 7.70. The summed E-state index contributed by atoms with van der Waals surface area (Å²) in [5, 5.41) is 0. The highest BCUT2D eigenvalue weighted by atomic mass is 79.9. The van der Waals surface area contributed by atoms with Gasteiger partial charge in [0.05, 0.1) is 3.79 Å². The van der Waals surface area contributed by atoms with E-state index in [0.29, 0.717) is 12.0 Å². The summed E-state index contributed by atoms with van der Waals surface area (Å²) < 4.78 is 1.22. The summed E-state index contributed by atoms with van der Waals surface area (Å²) in [7, 11) is 2.23. The van der Waals surface area contributed by atoms with Crippen LogP contribution in [0.5, 0.6) is 0 Å². The van der Waals surface area contributed by atoms with E-state index in [1.165, 1.54) is 27.9 Å². The van der Waals surface area contributed by atoms with Crippen molar-refractivity contribution < 1.29 is 0 Å². The lowest BCUT2D eigenvalue weighted by atomic mass is 10.0. The van der Waals surface area contributed by atoms with Crippen molar-refractivity contribution in [2.24, 2.45) is 11.7 Å². The second kappa shape index (κ2) is 5.63. The summed E-state index contributed by atoms with van der Waals surface area (Å²) in [5.41, 5.74) is 5.83. The van der Waals surface area contributed by atoms with Crippen molar-refractivity contribution in [1.82, 2.24) is 4.90 Å². The Bertz CT molecular complexity index is 340. The second-order valence-electron chi connectivity index (χ2n) is 4.61. The first-order valence-corrected chi connectivity index (χ1v) is 7.46. The van der Waals surface area contributed by atoms with E-state index in [4.69, 9.17) is 5.73 Å². The molecule has 1 fully saturated rings. The number of hydrogen-bond acceptors (Lipinski definition) is 3. The smallest absolute Gasteiger partial charge is 0.0701 e. The van der Waals surface area contributed by atoms with Gasteiger partial charge in [-0.15, -0.1) is 11.3 Å². The monoisotopic (exact) mass is 302 g/mol. The van der Waals surface area contributed by atoms with Gasteiger partial charge in [-0.25, -0.2) is 0 Å². The Morgan fingerprint density at radius 2 is 2.31 bits per heavy atom. The molecule has 16 heavy (non-hydrogen) atoms. The van der Waals surface area contributed by atoms with Gasteiger partial charge in [0.15, 0.2) is 0 Å². The van der Waals surface area contributed by atoms with Gasteiger partial charge in [0.1, 0.15) is 0 Å². The maximum Gasteiger partial charge on any atom is 0.0701 e. The molecule has 2 nitrogen and oxygen atoms in total. The highest BCUT2D eigenvalue weighted by Crippen LogP contribution is 2.30. The molecule has 0 bridgehead atoms. The first-order valence-electron chi connectivity index (χ1n) is 5.85. The van der Waals surface area contributed by atoms with Crippen molar-refractivity contribution in [1.29, 1.82) is 0 Å². The number of nitrogens with two attached hydrogens (primary N) is 1. The Morgan fingerprint density at radius 3 is 2.94 bits per heavy atom. The van der Waals surface area contributed by atoms with Gasteiger partial charge in [0, 0.05) is 17.5 Å². The molecule has 2 atom stereocenters. The van der Waals surface area contributed by atoms with Crippen molar-refractivity contribution in [3.05, 3.63) is 20.8 Å². The molecule has 0 aliphatic heterocycles. The summed E-state index contributed by atoms with van der Waals surface area (Å²) in [4.78, 5) is 3.90. The standard InChI is InChI=1S/C12H19BrN2S/c1-15(8-10-5-6-12(13)16-10)11-4-2-3-9(11)7-14/h5-6,9,11H,2-4,7-8,14H2,1H3. The van der Waals surface area contributed by atoms with Crippen LogP contribution in [-0.4, -0.2) is 24.5 Å². The predicted octanol–water partition coefficient (Wildman–Crippen LogP) is 3.07. The summed E-state index contributed by atoms with van der Waals surface area (Å²) in [6, 6.07) is 5.02. The topological polar surface area (TPSA) is 29.3 Å². The van der Waals surface area contributed by atoms with Gasteiger partial charge < -0.3 is 5.73 Å². The van der Waals surface area contributed by atoms with Crippen LogP contribution in [0.2, 0.25) is 0 Å². The Kier molecular flexibility index (Phi) is 4.41. The largest absolute Gasteiger partial charge is 0.330 e. The van der Waals surface area contributed by atoms with E-state index in [1.807, 2.05) is 11.3 Å². The predicted molar refractivity (Wildman–Crippen MR) is 73.7 cm³/mol. The first kappa shape index (κ1) is 12.6. The van der Waals surface area contributed by atoms with Crippen LogP contribution < -0.4 is 5.73 Å².